The van der Waals surface area contributed by atoms with Crippen molar-refractivity contribution >= 4 is 27.3 Å². The van der Waals surface area contributed by atoms with Crippen LogP contribution in [0.4, 0.5) is 11.4 Å². The standard InChI is InChI=1S/C20H31N3O3S/c1-2-16-27(25,26)23-14-10-17(11-15-23)20(24)21-18-6-8-19(9-7-18)22-12-4-3-5-13-22/h6-9,17H,2-5,10-16H2,1H3,(H,21,24). The second kappa shape index (κ2) is 9.06. The molecule has 0 spiro atoms. The van der Waals surface area contributed by atoms with E-state index in [2.05, 4.69) is 22.3 Å². The average molecular weight is 394 g/mol. The molecule has 1 amide bonds. The second-order valence-electron chi connectivity index (χ2n) is 7.57. The molecule has 2 aliphatic heterocycles. The van der Waals surface area contributed by atoms with Crippen LogP contribution in [0.1, 0.15) is 45.4 Å². The van der Waals surface area contributed by atoms with E-state index >= 15 is 0 Å². The SMILES string of the molecule is CCCS(=O)(=O)N1CCC(C(=O)Nc2ccc(N3CCCCC3)cc2)CC1. The first kappa shape index (κ1) is 20.1. The number of nitrogens with one attached hydrogen (secondary N) is 1. The predicted octanol–water partition coefficient (Wildman–Crippen LogP) is 3.07. The van der Waals surface area contributed by atoms with Crippen LogP contribution in [0.5, 0.6) is 0 Å². The second-order valence-corrected chi connectivity index (χ2v) is 9.66. The van der Waals surface area contributed by atoms with E-state index in [0.717, 1.165) is 18.8 Å². The van der Waals surface area contributed by atoms with Gasteiger partial charge in [0, 0.05) is 43.5 Å². The number of carbonyl (C=O) groups excluding carboxylic acids is 1. The van der Waals surface area contributed by atoms with Crippen LogP contribution in [0.2, 0.25) is 0 Å². The fraction of sp³-hybridized carbons (Fsp3) is 0.650. The lowest BCUT2D eigenvalue weighted by Crippen LogP contribution is -2.42. The number of carbonyl (C=O) groups is 1. The summed E-state index contributed by atoms with van der Waals surface area (Å²) in [6.07, 6.45) is 5.58. The fourth-order valence-electron chi connectivity index (χ4n) is 3.94. The molecular weight excluding hydrogens is 362 g/mol. The van der Waals surface area contributed by atoms with Crippen molar-refractivity contribution in [2.24, 2.45) is 5.92 Å². The normalized spacial score (nSPS) is 19.8. The molecule has 27 heavy (non-hydrogen) atoms. The van der Waals surface area contributed by atoms with Crippen LogP contribution in [0.3, 0.4) is 0 Å². The van der Waals surface area contributed by atoms with Crippen molar-refractivity contribution in [3.05, 3.63) is 24.3 Å². The fourth-order valence-corrected chi connectivity index (χ4v) is 5.48. The highest BCUT2D eigenvalue weighted by atomic mass is 32.2. The van der Waals surface area contributed by atoms with Gasteiger partial charge in [0.1, 0.15) is 0 Å². The maximum Gasteiger partial charge on any atom is 0.227 e. The Balaban J connectivity index is 1.51. The largest absolute Gasteiger partial charge is 0.372 e. The number of amides is 1. The van der Waals surface area contributed by atoms with E-state index in [4.69, 9.17) is 0 Å². The van der Waals surface area contributed by atoms with E-state index in [9.17, 15) is 13.2 Å². The molecule has 6 nitrogen and oxygen atoms in total. The zero-order chi connectivity index (χ0) is 19.3. The predicted molar refractivity (Wildman–Crippen MR) is 110 cm³/mol. The van der Waals surface area contributed by atoms with Crippen molar-refractivity contribution in [2.75, 3.05) is 42.1 Å². The van der Waals surface area contributed by atoms with Crippen LogP contribution < -0.4 is 10.2 Å². The van der Waals surface area contributed by atoms with Crippen molar-refractivity contribution in [1.29, 1.82) is 0 Å². The molecule has 150 valence electrons. The minimum absolute atomic E-state index is 0.00624. The Morgan fingerprint density at radius 1 is 1.04 bits per heavy atom. The topological polar surface area (TPSA) is 69.7 Å². The third-order valence-corrected chi connectivity index (χ3v) is 7.61. The molecule has 0 unspecified atom stereocenters. The van der Waals surface area contributed by atoms with Gasteiger partial charge in [-0.2, -0.15) is 0 Å². The first-order valence-corrected chi connectivity index (χ1v) is 11.7. The van der Waals surface area contributed by atoms with E-state index in [-0.39, 0.29) is 17.6 Å². The summed E-state index contributed by atoms with van der Waals surface area (Å²) >= 11 is 0. The molecule has 0 bridgehead atoms. The van der Waals surface area contributed by atoms with E-state index in [0.29, 0.717) is 32.4 Å². The Labute approximate surface area is 163 Å². The van der Waals surface area contributed by atoms with Crippen molar-refractivity contribution in [1.82, 2.24) is 4.31 Å². The quantitative estimate of drug-likeness (QED) is 0.806. The zero-order valence-corrected chi connectivity index (χ0v) is 17.0. The monoisotopic (exact) mass is 393 g/mol. The van der Waals surface area contributed by atoms with Crippen LogP contribution in [0, 0.1) is 5.92 Å². The van der Waals surface area contributed by atoms with E-state index in [1.165, 1.54) is 29.3 Å². The van der Waals surface area contributed by atoms with E-state index in [1.54, 1.807) is 0 Å². The number of hydrogen-bond donors (Lipinski definition) is 1. The Hall–Kier alpha value is -1.60. The van der Waals surface area contributed by atoms with Gasteiger partial charge in [0.05, 0.1) is 5.75 Å². The molecule has 0 atom stereocenters. The van der Waals surface area contributed by atoms with E-state index in [1.807, 2.05) is 19.1 Å². The lowest BCUT2D eigenvalue weighted by Gasteiger charge is -2.30. The summed E-state index contributed by atoms with van der Waals surface area (Å²) in [4.78, 5) is 14.9. The number of anilines is 2. The van der Waals surface area contributed by atoms with Gasteiger partial charge >= 0.3 is 0 Å². The maximum absolute atomic E-state index is 12.5. The first-order chi connectivity index (χ1) is 13.0. The molecule has 1 N–H and O–H groups in total. The highest BCUT2D eigenvalue weighted by Gasteiger charge is 2.30. The minimum Gasteiger partial charge on any atom is -0.372 e. The van der Waals surface area contributed by atoms with Gasteiger partial charge in [-0.15, -0.1) is 0 Å². The molecule has 1 aromatic rings. The van der Waals surface area contributed by atoms with Gasteiger partial charge in [0.15, 0.2) is 0 Å². The highest BCUT2D eigenvalue weighted by molar-refractivity contribution is 7.89. The van der Waals surface area contributed by atoms with Gasteiger partial charge in [0.2, 0.25) is 15.9 Å². The average Bonchev–Trinajstić information content (AvgIpc) is 2.69. The lowest BCUT2D eigenvalue weighted by atomic mass is 9.97. The summed E-state index contributed by atoms with van der Waals surface area (Å²) < 4.78 is 25.8. The van der Waals surface area contributed by atoms with Crippen LogP contribution in [0.15, 0.2) is 24.3 Å². The Kier molecular flexibility index (Phi) is 6.76. The highest BCUT2D eigenvalue weighted by Crippen LogP contribution is 2.24. The van der Waals surface area contributed by atoms with Crippen LogP contribution in [0.25, 0.3) is 0 Å². The molecule has 3 rings (SSSR count). The van der Waals surface area contributed by atoms with Gasteiger partial charge in [-0.05, 0) is 62.8 Å². The summed E-state index contributed by atoms with van der Waals surface area (Å²) in [6.45, 7) is 4.95. The van der Waals surface area contributed by atoms with E-state index < -0.39 is 10.0 Å². The van der Waals surface area contributed by atoms with Gasteiger partial charge in [0.25, 0.3) is 0 Å². The molecule has 7 heteroatoms. The molecule has 2 saturated heterocycles. The molecule has 0 saturated carbocycles. The minimum atomic E-state index is -3.16. The summed E-state index contributed by atoms with van der Waals surface area (Å²) in [7, 11) is -3.16. The molecule has 2 heterocycles. The molecule has 0 aromatic heterocycles. The number of hydrogen-bond acceptors (Lipinski definition) is 4. The number of piperidine rings is 2. The number of benzene rings is 1. The Morgan fingerprint density at radius 2 is 1.67 bits per heavy atom. The Bertz CT molecular complexity index is 719. The van der Waals surface area contributed by atoms with Gasteiger partial charge < -0.3 is 10.2 Å². The van der Waals surface area contributed by atoms with Gasteiger partial charge in [-0.3, -0.25) is 4.79 Å². The van der Waals surface area contributed by atoms with Crippen molar-refractivity contribution in [3.63, 3.8) is 0 Å². The first-order valence-electron chi connectivity index (χ1n) is 10.1. The van der Waals surface area contributed by atoms with Crippen LogP contribution in [-0.2, 0) is 14.8 Å². The molecule has 0 radical (unpaired) electrons. The lowest BCUT2D eigenvalue weighted by molar-refractivity contribution is -0.120. The summed E-state index contributed by atoms with van der Waals surface area (Å²) in [5.41, 5.74) is 2.02. The summed E-state index contributed by atoms with van der Waals surface area (Å²) in [6, 6.07) is 8.06. The maximum atomic E-state index is 12.5. The summed E-state index contributed by atoms with van der Waals surface area (Å²) in [5, 5.41) is 3.00. The van der Waals surface area contributed by atoms with Crippen molar-refractivity contribution < 1.29 is 13.2 Å². The molecular formula is C20H31N3O3S. The third-order valence-electron chi connectivity index (χ3n) is 5.54. The Morgan fingerprint density at radius 3 is 2.26 bits per heavy atom. The molecule has 2 aliphatic rings. The number of sulfonamides is 1. The van der Waals surface area contributed by atoms with Crippen LogP contribution in [-0.4, -0.2) is 50.6 Å². The molecule has 2 fully saturated rings. The molecule has 0 aliphatic carbocycles. The summed E-state index contributed by atoms with van der Waals surface area (Å²) in [5.74, 6) is 0.0563. The van der Waals surface area contributed by atoms with Crippen LogP contribution >= 0.6 is 0 Å². The van der Waals surface area contributed by atoms with Crippen molar-refractivity contribution in [2.45, 2.75) is 45.4 Å². The third kappa shape index (κ3) is 5.23. The molecule has 1 aromatic carbocycles. The van der Waals surface area contributed by atoms with Gasteiger partial charge in [-0.25, -0.2) is 12.7 Å². The smallest absolute Gasteiger partial charge is 0.227 e. The van der Waals surface area contributed by atoms with Gasteiger partial charge in [-0.1, -0.05) is 6.92 Å². The van der Waals surface area contributed by atoms with Crippen molar-refractivity contribution in [3.8, 4) is 0 Å². The zero-order valence-electron chi connectivity index (χ0n) is 16.2. The number of nitrogens with zero attached hydrogens (tertiary/aromatic N) is 2. The number of rotatable bonds is 6.